The molecule has 1 aliphatic rings. The van der Waals surface area contributed by atoms with Gasteiger partial charge < -0.3 is 19.1 Å². The van der Waals surface area contributed by atoms with Gasteiger partial charge in [-0.15, -0.1) is 0 Å². The number of aryl methyl sites for hydroxylation is 1. The van der Waals surface area contributed by atoms with Gasteiger partial charge >= 0.3 is 0 Å². The van der Waals surface area contributed by atoms with Crippen LogP contribution in [0, 0.1) is 6.92 Å². The Labute approximate surface area is 128 Å². The Morgan fingerprint density at radius 3 is 2.95 bits per heavy atom. The predicted octanol–water partition coefficient (Wildman–Crippen LogP) is 1.63. The number of nitrogens with zero attached hydrogens (tertiary/aromatic N) is 3. The predicted molar refractivity (Wildman–Crippen MR) is 78.0 cm³/mol. The molecule has 2 aromatic rings. The Kier molecular flexibility index (Phi) is 4.53. The fourth-order valence-electron chi connectivity index (χ4n) is 2.74. The Hall–Kier alpha value is -2.15. The molecule has 1 fully saturated rings. The van der Waals surface area contributed by atoms with E-state index in [1.54, 1.807) is 12.4 Å². The Morgan fingerprint density at radius 2 is 2.32 bits per heavy atom. The average Bonchev–Trinajstić information content (AvgIpc) is 3.19. The van der Waals surface area contributed by atoms with E-state index in [4.69, 9.17) is 9.26 Å². The standard InChI is InChI=1S/C15H20N4O3/c1-11-6-13(22-18-11)8-21-9-15(20)19-4-2-12(3-5-19)14-7-16-10-17-14/h6-7,10,12H,2-5,8-9H2,1H3,(H,16,17). The molecule has 0 unspecified atom stereocenters. The highest BCUT2D eigenvalue weighted by atomic mass is 16.5. The van der Waals surface area contributed by atoms with E-state index in [0.29, 0.717) is 11.7 Å². The normalized spacial score (nSPS) is 16.1. The molecule has 2 aromatic heterocycles. The van der Waals surface area contributed by atoms with Crippen LogP contribution in [0.15, 0.2) is 23.1 Å². The molecular formula is C15H20N4O3. The molecule has 0 radical (unpaired) electrons. The fourth-order valence-corrected chi connectivity index (χ4v) is 2.74. The maximum atomic E-state index is 12.1. The van der Waals surface area contributed by atoms with Crippen LogP contribution >= 0.6 is 0 Å². The third kappa shape index (κ3) is 3.54. The highest BCUT2D eigenvalue weighted by Crippen LogP contribution is 2.26. The molecular weight excluding hydrogens is 284 g/mol. The van der Waals surface area contributed by atoms with Gasteiger partial charge in [-0.25, -0.2) is 4.98 Å². The van der Waals surface area contributed by atoms with Crippen molar-refractivity contribution in [3.8, 4) is 0 Å². The molecule has 7 heteroatoms. The lowest BCUT2D eigenvalue weighted by molar-refractivity contribution is -0.137. The quantitative estimate of drug-likeness (QED) is 0.907. The van der Waals surface area contributed by atoms with Gasteiger partial charge in [-0.2, -0.15) is 0 Å². The first-order chi connectivity index (χ1) is 10.7. The van der Waals surface area contributed by atoms with Crippen LogP contribution in [0.25, 0.3) is 0 Å². The number of ether oxygens (including phenoxy) is 1. The smallest absolute Gasteiger partial charge is 0.248 e. The molecule has 0 saturated carbocycles. The second kappa shape index (κ2) is 6.74. The van der Waals surface area contributed by atoms with Crippen molar-refractivity contribution in [2.45, 2.75) is 32.3 Å². The van der Waals surface area contributed by atoms with Crippen molar-refractivity contribution in [2.75, 3.05) is 19.7 Å². The minimum Gasteiger partial charge on any atom is -0.364 e. The van der Waals surface area contributed by atoms with Crippen molar-refractivity contribution in [3.63, 3.8) is 0 Å². The highest BCUT2D eigenvalue weighted by molar-refractivity contribution is 5.77. The number of rotatable bonds is 5. The van der Waals surface area contributed by atoms with E-state index in [-0.39, 0.29) is 19.1 Å². The number of carbonyl (C=O) groups is 1. The van der Waals surface area contributed by atoms with Crippen LogP contribution in [0.1, 0.15) is 35.9 Å². The summed E-state index contributed by atoms with van der Waals surface area (Å²) in [5.74, 6) is 1.13. The first-order valence-corrected chi connectivity index (χ1v) is 7.48. The van der Waals surface area contributed by atoms with Crippen molar-refractivity contribution in [2.24, 2.45) is 0 Å². The van der Waals surface area contributed by atoms with Gasteiger partial charge in [-0.1, -0.05) is 5.16 Å². The molecule has 0 bridgehead atoms. The summed E-state index contributed by atoms with van der Waals surface area (Å²) in [4.78, 5) is 21.2. The molecule has 1 aliphatic heterocycles. The molecule has 1 amide bonds. The number of H-pyrrole nitrogens is 1. The second-order valence-corrected chi connectivity index (χ2v) is 5.59. The molecule has 3 rings (SSSR count). The van der Waals surface area contributed by atoms with Gasteiger partial charge in [0.15, 0.2) is 5.76 Å². The summed E-state index contributed by atoms with van der Waals surface area (Å²) in [7, 11) is 0. The van der Waals surface area contributed by atoms with Crippen LogP contribution in [0.4, 0.5) is 0 Å². The van der Waals surface area contributed by atoms with Gasteiger partial charge in [-0.3, -0.25) is 4.79 Å². The molecule has 0 aliphatic carbocycles. The zero-order valence-electron chi connectivity index (χ0n) is 12.6. The van der Waals surface area contributed by atoms with Crippen LogP contribution < -0.4 is 0 Å². The molecule has 0 atom stereocenters. The SMILES string of the molecule is Cc1cc(COCC(=O)N2CCC(c3cnc[nH]3)CC2)on1. The molecule has 0 spiro atoms. The molecule has 1 saturated heterocycles. The van der Waals surface area contributed by atoms with Gasteiger partial charge in [0.25, 0.3) is 0 Å². The largest absolute Gasteiger partial charge is 0.364 e. The van der Waals surface area contributed by atoms with E-state index >= 15 is 0 Å². The van der Waals surface area contributed by atoms with Crippen LogP contribution in [0.5, 0.6) is 0 Å². The monoisotopic (exact) mass is 304 g/mol. The second-order valence-electron chi connectivity index (χ2n) is 5.59. The van der Waals surface area contributed by atoms with Gasteiger partial charge in [-0.05, 0) is 19.8 Å². The summed E-state index contributed by atoms with van der Waals surface area (Å²) in [6.45, 7) is 3.72. The van der Waals surface area contributed by atoms with Crippen molar-refractivity contribution < 1.29 is 14.1 Å². The van der Waals surface area contributed by atoms with Gasteiger partial charge in [0.1, 0.15) is 13.2 Å². The number of amides is 1. The first-order valence-electron chi connectivity index (χ1n) is 7.48. The van der Waals surface area contributed by atoms with Gasteiger partial charge in [0.2, 0.25) is 5.91 Å². The number of aromatic amines is 1. The molecule has 22 heavy (non-hydrogen) atoms. The summed E-state index contributed by atoms with van der Waals surface area (Å²) >= 11 is 0. The summed E-state index contributed by atoms with van der Waals surface area (Å²) in [6, 6.07) is 1.81. The zero-order chi connectivity index (χ0) is 15.4. The Balaban J connectivity index is 1.40. The summed E-state index contributed by atoms with van der Waals surface area (Å²) in [5, 5.41) is 3.78. The maximum Gasteiger partial charge on any atom is 0.248 e. The van der Waals surface area contributed by atoms with E-state index in [9.17, 15) is 4.79 Å². The number of aromatic nitrogens is 3. The number of hydrogen-bond acceptors (Lipinski definition) is 5. The molecule has 3 heterocycles. The first kappa shape index (κ1) is 14.8. The van der Waals surface area contributed by atoms with E-state index < -0.39 is 0 Å². The third-order valence-electron chi connectivity index (χ3n) is 3.95. The van der Waals surface area contributed by atoms with E-state index in [1.807, 2.05) is 18.0 Å². The van der Waals surface area contributed by atoms with E-state index in [0.717, 1.165) is 37.3 Å². The summed E-state index contributed by atoms with van der Waals surface area (Å²) in [5.41, 5.74) is 1.97. The fraction of sp³-hybridized carbons (Fsp3) is 0.533. The lowest BCUT2D eigenvalue weighted by Crippen LogP contribution is -2.40. The zero-order valence-corrected chi connectivity index (χ0v) is 12.6. The minimum absolute atomic E-state index is 0.0271. The van der Waals surface area contributed by atoms with Crippen LogP contribution in [-0.4, -0.2) is 45.6 Å². The van der Waals surface area contributed by atoms with Crippen LogP contribution in [0.3, 0.4) is 0 Å². The van der Waals surface area contributed by atoms with Crippen molar-refractivity contribution in [1.82, 2.24) is 20.0 Å². The average molecular weight is 304 g/mol. The number of likely N-dealkylation sites (tertiary alicyclic amines) is 1. The molecule has 7 nitrogen and oxygen atoms in total. The molecule has 0 aromatic carbocycles. The van der Waals surface area contributed by atoms with Crippen molar-refractivity contribution in [3.05, 3.63) is 35.7 Å². The number of nitrogens with one attached hydrogen (secondary N) is 1. The summed E-state index contributed by atoms with van der Waals surface area (Å²) in [6.07, 6.45) is 5.47. The third-order valence-corrected chi connectivity index (χ3v) is 3.95. The van der Waals surface area contributed by atoms with Crippen molar-refractivity contribution >= 4 is 5.91 Å². The van der Waals surface area contributed by atoms with Crippen LogP contribution in [-0.2, 0) is 16.1 Å². The Morgan fingerprint density at radius 1 is 1.50 bits per heavy atom. The maximum absolute atomic E-state index is 12.1. The lowest BCUT2D eigenvalue weighted by atomic mass is 9.94. The van der Waals surface area contributed by atoms with Crippen molar-refractivity contribution in [1.29, 1.82) is 0 Å². The van der Waals surface area contributed by atoms with E-state index in [2.05, 4.69) is 15.1 Å². The van der Waals surface area contributed by atoms with E-state index in [1.165, 1.54) is 0 Å². The van der Waals surface area contributed by atoms with Crippen LogP contribution in [0.2, 0.25) is 0 Å². The lowest BCUT2D eigenvalue weighted by Gasteiger charge is -2.31. The minimum atomic E-state index is 0.0271. The topological polar surface area (TPSA) is 84.2 Å². The van der Waals surface area contributed by atoms with Gasteiger partial charge in [0, 0.05) is 37.0 Å². The highest BCUT2D eigenvalue weighted by Gasteiger charge is 2.24. The summed E-state index contributed by atoms with van der Waals surface area (Å²) < 4.78 is 10.4. The number of carbonyl (C=O) groups excluding carboxylic acids is 1. The number of hydrogen-bond donors (Lipinski definition) is 1. The molecule has 1 N–H and O–H groups in total. The number of piperidine rings is 1. The van der Waals surface area contributed by atoms with Gasteiger partial charge in [0.05, 0.1) is 12.0 Å². The number of imidazole rings is 1. The molecule has 118 valence electrons. The Bertz CT molecular complexity index is 600.